The van der Waals surface area contributed by atoms with E-state index in [4.69, 9.17) is 12.3 Å². The summed E-state index contributed by atoms with van der Waals surface area (Å²) < 4.78 is 13.4. The van der Waals surface area contributed by atoms with E-state index >= 15 is 0 Å². The number of aryl methyl sites for hydroxylation is 1. The lowest BCUT2D eigenvalue weighted by atomic mass is 10.1. The van der Waals surface area contributed by atoms with Crippen LogP contribution in [0, 0.1) is 19.3 Å². The van der Waals surface area contributed by atoms with Crippen LogP contribution in [-0.2, 0) is 0 Å². The molecule has 0 saturated heterocycles. The van der Waals surface area contributed by atoms with Crippen molar-refractivity contribution in [1.29, 1.82) is 0 Å². The highest BCUT2D eigenvalue weighted by Crippen LogP contribution is 2.37. The Hall–Kier alpha value is -2.72. The highest BCUT2D eigenvalue weighted by atomic mass is 32.1. The van der Waals surface area contributed by atoms with Crippen molar-refractivity contribution in [2.75, 3.05) is 5.73 Å². The van der Waals surface area contributed by atoms with E-state index in [0.717, 1.165) is 10.4 Å². The molecule has 0 atom stereocenters. The van der Waals surface area contributed by atoms with Gasteiger partial charge in [0.1, 0.15) is 10.6 Å². The van der Waals surface area contributed by atoms with Gasteiger partial charge < -0.3 is 5.73 Å². The van der Waals surface area contributed by atoms with Gasteiger partial charge in [-0.2, -0.15) is 0 Å². The molecule has 21 heavy (non-hydrogen) atoms. The Morgan fingerprint density at radius 3 is 2.95 bits per heavy atom. The molecule has 0 spiro atoms. The van der Waals surface area contributed by atoms with Crippen LogP contribution >= 0.6 is 11.3 Å². The number of thiophene rings is 1. The molecule has 2 heterocycles. The molecule has 3 aromatic rings. The zero-order valence-corrected chi connectivity index (χ0v) is 11.7. The summed E-state index contributed by atoms with van der Waals surface area (Å²) in [5.74, 6) is -0.506. The second kappa shape index (κ2) is 4.68. The van der Waals surface area contributed by atoms with Crippen molar-refractivity contribution in [3.63, 3.8) is 0 Å². The maximum Gasteiger partial charge on any atom is 0.261 e. The summed E-state index contributed by atoms with van der Waals surface area (Å²) in [7, 11) is 0. The third-order valence-electron chi connectivity index (χ3n) is 3.15. The Kier molecular flexibility index (Phi) is 2.96. The van der Waals surface area contributed by atoms with Crippen LogP contribution in [-0.4, -0.2) is 9.97 Å². The van der Waals surface area contributed by atoms with Crippen LogP contribution in [0.25, 0.3) is 25.5 Å². The zero-order valence-electron chi connectivity index (χ0n) is 10.9. The number of hydrogen-bond acceptors (Lipinski definition) is 4. The van der Waals surface area contributed by atoms with Crippen LogP contribution < -0.4 is 11.3 Å². The molecule has 0 amide bonds. The Morgan fingerprint density at radius 2 is 2.24 bits per heavy atom. The van der Waals surface area contributed by atoms with E-state index in [-0.39, 0.29) is 17.2 Å². The average Bonchev–Trinajstić information content (AvgIpc) is 2.76. The Labute approximate surface area is 122 Å². The highest BCUT2D eigenvalue weighted by molar-refractivity contribution is 7.22. The summed E-state index contributed by atoms with van der Waals surface area (Å²) >= 11 is 1.29. The highest BCUT2D eigenvalue weighted by Gasteiger charge is 2.16. The number of nitrogens with two attached hydrogens (primary N) is 1. The molecule has 5 nitrogen and oxygen atoms in total. The van der Waals surface area contributed by atoms with E-state index in [2.05, 4.69) is 14.8 Å². The zero-order chi connectivity index (χ0) is 15.1. The van der Waals surface area contributed by atoms with Crippen molar-refractivity contribution in [2.45, 2.75) is 6.92 Å². The van der Waals surface area contributed by atoms with Crippen LogP contribution in [0.1, 0.15) is 5.56 Å². The Bertz CT molecular complexity index is 967. The summed E-state index contributed by atoms with van der Waals surface area (Å²) in [4.78, 5) is 23.0. The molecule has 0 aliphatic heterocycles. The first-order valence-electron chi connectivity index (χ1n) is 5.97. The van der Waals surface area contributed by atoms with Gasteiger partial charge in [-0.3, -0.25) is 9.78 Å². The van der Waals surface area contributed by atoms with Crippen molar-refractivity contribution in [2.24, 2.45) is 0 Å². The van der Waals surface area contributed by atoms with Gasteiger partial charge >= 0.3 is 0 Å². The topological polar surface area (TPSA) is 76.1 Å². The van der Waals surface area contributed by atoms with Crippen molar-refractivity contribution in [3.05, 3.63) is 51.4 Å². The molecule has 0 fully saturated rings. The second-order valence-corrected chi connectivity index (χ2v) is 5.46. The normalized spacial score (nSPS) is 10.7. The van der Waals surface area contributed by atoms with Crippen molar-refractivity contribution < 1.29 is 4.39 Å². The summed E-state index contributed by atoms with van der Waals surface area (Å²) in [6.07, 6.45) is 0. The van der Waals surface area contributed by atoms with Gasteiger partial charge in [0.2, 0.25) is 11.6 Å². The van der Waals surface area contributed by atoms with Gasteiger partial charge in [-0.25, -0.2) is 14.2 Å². The van der Waals surface area contributed by atoms with Crippen LogP contribution in [0.5, 0.6) is 0 Å². The van der Waals surface area contributed by atoms with Gasteiger partial charge in [-0.15, -0.1) is 11.3 Å². The third kappa shape index (κ3) is 2.06. The van der Waals surface area contributed by atoms with Gasteiger partial charge in [0.15, 0.2) is 0 Å². The maximum absolute atomic E-state index is 13.4. The lowest BCUT2D eigenvalue weighted by Crippen LogP contribution is -2.10. The fourth-order valence-corrected chi connectivity index (χ4v) is 3.36. The van der Waals surface area contributed by atoms with Gasteiger partial charge in [0.05, 0.1) is 12.0 Å². The number of aromatic amines is 1. The SMILES string of the molecule is [C-]#[N+]c1cc(-c2sc3nc(N)[nH]c(=O)c3c2C)ccc1F. The van der Waals surface area contributed by atoms with E-state index in [0.29, 0.717) is 15.8 Å². The number of nitrogens with zero attached hydrogens (tertiary/aromatic N) is 2. The summed E-state index contributed by atoms with van der Waals surface area (Å²) in [5, 5.41) is 0.470. The van der Waals surface area contributed by atoms with Gasteiger partial charge in [-0.1, -0.05) is 6.07 Å². The number of H-pyrrole nitrogens is 1. The van der Waals surface area contributed by atoms with Gasteiger partial charge in [0.25, 0.3) is 5.56 Å². The Balaban J connectivity index is 2.32. The first-order chi connectivity index (χ1) is 10.0. The lowest BCUT2D eigenvalue weighted by Gasteiger charge is -2.01. The van der Waals surface area contributed by atoms with E-state index in [1.807, 2.05) is 0 Å². The number of nitrogen functional groups attached to an aromatic ring is 1. The van der Waals surface area contributed by atoms with Gasteiger partial charge in [-0.05, 0) is 30.2 Å². The van der Waals surface area contributed by atoms with E-state index in [1.165, 1.54) is 23.5 Å². The molecule has 0 aliphatic carbocycles. The third-order valence-corrected chi connectivity index (χ3v) is 4.38. The minimum atomic E-state index is -0.562. The number of halogens is 1. The van der Waals surface area contributed by atoms with Crippen LogP contribution in [0.15, 0.2) is 23.0 Å². The van der Waals surface area contributed by atoms with Crippen LogP contribution in [0.2, 0.25) is 0 Å². The number of fused-ring (bicyclic) bond motifs is 1. The number of aromatic nitrogens is 2. The molecule has 7 heteroatoms. The standard InChI is InChI=1S/C14H9FN4OS/c1-6-10-12(20)18-14(16)19-13(10)21-11(6)7-3-4-8(15)9(5-7)17-2/h3-5H,1H3,(H3,16,18,19,20). The first kappa shape index (κ1) is 13.3. The predicted molar refractivity (Wildman–Crippen MR) is 81.0 cm³/mol. The average molecular weight is 300 g/mol. The summed E-state index contributed by atoms with van der Waals surface area (Å²) in [6, 6.07) is 4.30. The number of hydrogen-bond donors (Lipinski definition) is 2. The van der Waals surface area contributed by atoms with Crippen molar-refractivity contribution in [3.8, 4) is 10.4 Å². The van der Waals surface area contributed by atoms with E-state index < -0.39 is 5.82 Å². The molecule has 104 valence electrons. The molecular weight excluding hydrogens is 291 g/mol. The van der Waals surface area contributed by atoms with Crippen LogP contribution in [0.4, 0.5) is 16.0 Å². The molecule has 0 bridgehead atoms. The Morgan fingerprint density at radius 1 is 1.48 bits per heavy atom. The molecule has 0 radical (unpaired) electrons. The molecule has 3 N–H and O–H groups in total. The van der Waals surface area contributed by atoms with Crippen LogP contribution in [0.3, 0.4) is 0 Å². The summed E-state index contributed by atoms with van der Waals surface area (Å²) in [5.41, 5.74) is 6.61. The second-order valence-electron chi connectivity index (χ2n) is 4.47. The molecular formula is C14H9FN4OS. The monoisotopic (exact) mass is 300 g/mol. The number of benzene rings is 1. The molecule has 1 aromatic carbocycles. The summed E-state index contributed by atoms with van der Waals surface area (Å²) in [6.45, 7) is 8.77. The van der Waals surface area contributed by atoms with Gasteiger partial charge in [0, 0.05) is 4.88 Å². The fraction of sp³-hybridized carbons (Fsp3) is 0.0714. The van der Waals surface area contributed by atoms with Crippen molar-refractivity contribution in [1.82, 2.24) is 9.97 Å². The predicted octanol–water partition coefficient (Wildman–Crippen LogP) is 3.23. The largest absolute Gasteiger partial charge is 0.369 e. The minimum absolute atomic E-state index is 0.0502. The molecule has 2 aromatic heterocycles. The van der Waals surface area contributed by atoms with Crippen molar-refractivity contribution >= 4 is 33.2 Å². The number of rotatable bonds is 1. The first-order valence-corrected chi connectivity index (χ1v) is 6.79. The molecule has 0 saturated carbocycles. The molecule has 0 aliphatic rings. The van der Waals surface area contributed by atoms with E-state index in [9.17, 15) is 9.18 Å². The number of nitrogens with one attached hydrogen (secondary N) is 1. The fourth-order valence-electron chi connectivity index (χ4n) is 2.18. The molecule has 3 rings (SSSR count). The molecule has 0 unspecified atom stereocenters. The maximum atomic E-state index is 13.4. The quantitative estimate of drug-likeness (QED) is 0.677. The minimum Gasteiger partial charge on any atom is -0.369 e. The number of anilines is 1. The lowest BCUT2D eigenvalue weighted by molar-refractivity contribution is 0.634. The van der Waals surface area contributed by atoms with E-state index in [1.54, 1.807) is 13.0 Å². The smallest absolute Gasteiger partial charge is 0.261 e.